The largest absolute Gasteiger partial charge is 0.343 e. The third-order valence-electron chi connectivity index (χ3n) is 7.88. The van der Waals surface area contributed by atoms with Crippen LogP contribution < -0.4 is 0 Å². The number of hydrogen-bond donors (Lipinski definition) is 0. The fourth-order valence-corrected chi connectivity index (χ4v) is 5.87. The van der Waals surface area contributed by atoms with E-state index in [1.54, 1.807) is 12.5 Å². The molecule has 33 heavy (non-hydrogen) atoms. The SMILES string of the molecule is CC(=O)N1CCC(CCCN2CCC(=C3C=Cc4ccccc4-c4ccccc43)CC2)CC1. The summed E-state index contributed by atoms with van der Waals surface area (Å²) in [4.78, 5) is 16.2. The molecule has 1 amide bonds. The zero-order chi connectivity index (χ0) is 22.6. The van der Waals surface area contributed by atoms with E-state index in [1.807, 2.05) is 4.90 Å². The molecular formula is C30H36N2O. The summed E-state index contributed by atoms with van der Waals surface area (Å²) in [6, 6.07) is 17.7. The van der Waals surface area contributed by atoms with Crippen molar-refractivity contribution in [3.8, 4) is 11.1 Å². The Bertz CT molecular complexity index is 1050. The Morgan fingerprint density at radius 1 is 0.848 bits per heavy atom. The lowest BCUT2D eigenvalue weighted by Crippen LogP contribution is -2.37. The van der Waals surface area contributed by atoms with E-state index in [1.165, 1.54) is 86.0 Å². The zero-order valence-electron chi connectivity index (χ0n) is 19.9. The van der Waals surface area contributed by atoms with Crippen LogP contribution in [0.15, 0.2) is 60.2 Å². The maximum atomic E-state index is 11.5. The average Bonchev–Trinajstić information content (AvgIpc) is 3.02. The van der Waals surface area contributed by atoms with E-state index in [2.05, 4.69) is 65.6 Å². The Morgan fingerprint density at radius 2 is 1.52 bits per heavy atom. The van der Waals surface area contributed by atoms with Crippen LogP contribution in [0.2, 0.25) is 0 Å². The maximum absolute atomic E-state index is 11.5. The van der Waals surface area contributed by atoms with E-state index in [0.717, 1.165) is 19.0 Å². The van der Waals surface area contributed by atoms with Gasteiger partial charge in [0.2, 0.25) is 5.91 Å². The fraction of sp³-hybridized carbons (Fsp3) is 0.433. The molecule has 2 heterocycles. The molecule has 0 saturated carbocycles. The lowest BCUT2D eigenvalue weighted by molar-refractivity contribution is -0.130. The molecule has 5 rings (SSSR count). The van der Waals surface area contributed by atoms with Gasteiger partial charge in [-0.25, -0.2) is 0 Å². The smallest absolute Gasteiger partial charge is 0.219 e. The highest BCUT2D eigenvalue weighted by Crippen LogP contribution is 2.39. The fourth-order valence-electron chi connectivity index (χ4n) is 5.87. The number of nitrogens with zero attached hydrogens (tertiary/aromatic N) is 2. The van der Waals surface area contributed by atoms with Crippen molar-refractivity contribution in [2.45, 2.75) is 45.4 Å². The molecule has 2 aliphatic heterocycles. The summed E-state index contributed by atoms with van der Waals surface area (Å²) in [5, 5.41) is 0. The number of benzene rings is 2. The van der Waals surface area contributed by atoms with Gasteiger partial charge in [-0.15, -0.1) is 0 Å². The number of rotatable bonds is 4. The van der Waals surface area contributed by atoms with Gasteiger partial charge in [0.1, 0.15) is 0 Å². The maximum Gasteiger partial charge on any atom is 0.219 e. The molecule has 3 nitrogen and oxygen atoms in total. The molecule has 0 aromatic heterocycles. The molecule has 0 atom stereocenters. The summed E-state index contributed by atoms with van der Waals surface area (Å²) in [6.45, 7) is 7.17. The van der Waals surface area contributed by atoms with Crippen LogP contribution in [0.25, 0.3) is 22.8 Å². The van der Waals surface area contributed by atoms with Gasteiger partial charge in [0.05, 0.1) is 0 Å². The molecule has 0 radical (unpaired) electrons. The van der Waals surface area contributed by atoms with Crippen molar-refractivity contribution in [1.82, 2.24) is 9.80 Å². The predicted octanol–water partition coefficient (Wildman–Crippen LogP) is 6.27. The Hall–Kier alpha value is -2.65. The van der Waals surface area contributed by atoms with Gasteiger partial charge in [-0.1, -0.05) is 66.3 Å². The van der Waals surface area contributed by atoms with Crippen molar-refractivity contribution in [2.24, 2.45) is 5.92 Å². The summed E-state index contributed by atoms with van der Waals surface area (Å²) < 4.78 is 0. The molecule has 172 valence electrons. The number of carbonyl (C=O) groups excluding carboxylic acids is 1. The molecule has 0 spiro atoms. The second-order valence-electron chi connectivity index (χ2n) is 9.92. The van der Waals surface area contributed by atoms with Crippen molar-refractivity contribution in [2.75, 3.05) is 32.7 Å². The number of fused-ring (bicyclic) bond motifs is 3. The van der Waals surface area contributed by atoms with Crippen molar-refractivity contribution in [1.29, 1.82) is 0 Å². The first-order valence-corrected chi connectivity index (χ1v) is 12.8. The van der Waals surface area contributed by atoms with Crippen LogP contribution in [-0.4, -0.2) is 48.4 Å². The monoisotopic (exact) mass is 440 g/mol. The van der Waals surface area contributed by atoms with Gasteiger partial charge < -0.3 is 9.80 Å². The van der Waals surface area contributed by atoms with Crippen LogP contribution in [0.5, 0.6) is 0 Å². The second kappa shape index (κ2) is 10.1. The minimum Gasteiger partial charge on any atom is -0.343 e. The third kappa shape index (κ3) is 4.99. The van der Waals surface area contributed by atoms with E-state index < -0.39 is 0 Å². The van der Waals surface area contributed by atoms with Crippen molar-refractivity contribution >= 4 is 17.6 Å². The standard InChI is InChI=1S/C30H36N2O/c1-23(33)32-21-14-24(15-22-32)7-6-18-31-19-16-26(17-20-31)28-13-12-25-8-2-3-9-27(25)29-10-4-5-11-30(28)29/h2-5,8-13,24H,6-7,14-22H2,1H3. The highest BCUT2D eigenvalue weighted by molar-refractivity contribution is 5.95. The molecule has 3 aliphatic rings. The molecule has 0 bridgehead atoms. The average molecular weight is 441 g/mol. The summed E-state index contributed by atoms with van der Waals surface area (Å²) in [7, 11) is 0. The first-order valence-electron chi connectivity index (χ1n) is 12.8. The van der Waals surface area contributed by atoms with Crippen LogP contribution >= 0.6 is 0 Å². The van der Waals surface area contributed by atoms with Gasteiger partial charge in [0.15, 0.2) is 0 Å². The molecule has 1 aliphatic carbocycles. The van der Waals surface area contributed by atoms with Crippen LogP contribution in [0.3, 0.4) is 0 Å². The number of piperidine rings is 2. The first-order chi connectivity index (χ1) is 16.2. The van der Waals surface area contributed by atoms with E-state index in [4.69, 9.17) is 0 Å². The van der Waals surface area contributed by atoms with E-state index >= 15 is 0 Å². The van der Waals surface area contributed by atoms with Gasteiger partial charge >= 0.3 is 0 Å². The summed E-state index contributed by atoms with van der Waals surface area (Å²) in [5.74, 6) is 1.04. The quantitative estimate of drug-likeness (QED) is 0.559. The highest BCUT2D eigenvalue weighted by atomic mass is 16.2. The number of amides is 1. The van der Waals surface area contributed by atoms with Crippen molar-refractivity contribution in [3.05, 3.63) is 71.3 Å². The lowest BCUT2D eigenvalue weighted by Gasteiger charge is -2.33. The Balaban J connectivity index is 1.19. The Morgan fingerprint density at radius 3 is 2.24 bits per heavy atom. The van der Waals surface area contributed by atoms with Crippen LogP contribution in [0, 0.1) is 5.92 Å². The topological polar surface area (TPSA) is 23.6 Å². The summed E-state index contributed by atoms with van der Waals surface area (Å²) >= 11 is 0. The predicted molar refractivity (Wildman–Crippen MR) is 138 cm³/mol. The van der Waals surface area contributed by atoms with Crippen molar-refractivity contribution in [3.63, 3.8) is 0 Å². The van der Waals surface area contributed by atoms with Crippen molar-refractivity contribution < 1.29 is 4.79 Å². The molecule has 2 aromatic carbocycles. The number of likely N-dealkylation sites (tertiary alicyclic amines) is 2. The molecule has 3 heteroatoms. The number of carbonyl (C=O) groups is 1. The Labute approximate surface area is 198 Å². The van der Waals surface area contributed by atoms with Gasteiger partial charge in [-0.3, -0.25) is 4.79 Å². The van der Waals surface area contributed by atoms with Crippen LogP contribution in [0.4, 0.5) is 0 Å². The van der Waals surface area contributed by atoms with Gasteiger partial charge in [-0.05, 0) is 78.8 Å². The van der Waals surface area contributed by atoms with Gasteiger partial charge in [0.25, 0.3) is 0 Å². The molecule has 0 N–H and O–H groups in total. The normalized spacial score (nSPS) is 19.2. The van der Waals surface area contributed by atoms with E-state index in [9.17, 15) is 4.79 Å². The third-order valence-corrected chi connectivity index (χ3v) is 7.88. The molecule has 2 fully saturated rings. The summed E-state index contributed by atoms with van der Waals surface area (Å²) in [5.41, 5.74) is 8.45. The molecule has 0 unspecified atom stereocenters. The van der Waals surface area contributed by atoms with E-state index in [-0.39, 0.29) is 5.91 Å². The first kappa shape index (κ1) is 22.2. The van der Waals surface area contributed by atoms with Crippen LogP contribution in [-0.2, 0) is 4.79 Å². The second-order valence-corrected chi connectivity index (χ2v) is 9.92. The minimum atomic E-state index is 0.238. The minimum absolute atomic E-state index is 0.238. The lowest BCUT2D eigenvalue weighted by atomic mass is 9.89. The van der Waals surface area contributed by atoms with Gasteiger partial charge in [-0.2, -0.15) is 0 Å². The van der Waals surface area contributed by atoms with Gasteiger partial charge in [0, 0.05) is 33.1 Å². The Kier molecular flexibility index (Phi) is 6.78. The van der Waals surface area contributed by atoms with E-state index in [0.29, 0.717) is 0 Å². The molecule has 2 aromatic rings. The van der Waals surface area contributed by atoms with Crippen LogP contribution in [0.1, 0.15) is 56.6 Å². The number of allylic oxidation sites excluding steroid dienone is 2. The summed E-state index contributed by atoms with van der Waals surface area (Å²) in [6.07, 6.45) is 12.0. The molecular weight excluding hydrogens is 404 g/mol. The highest BCUT2D eigenvalue weighted by Gasteiger charge is 2.22. The zero-order valence-corrected chi connectivity index (χ0v) is 19.9. The number of hydrogen-bond acceptors (Lipinski definition) is 2. The molecule has 2 saturated heterocycles.